The molecular weight excluding hydrogens is 304 g/mol. The summed E-state index contributed by atoms with van der Waals surface area (Å²) in [7, 11) is 0. The van der Waals surface area contributed by atoms with Gasteiger partial charge in [0.25, 0.3) is 0 Å². The summed E-state index contributed by atoms with van der Waals surface area (Å²) in [6.45, 7) is 4.10. The summed E-state index contributed by atoms with van der Waals surface area (Å²) in [4.78, 5) is 38.1. The van der Waals surface area contributed by atoms with Gasteiger partial charge in [-0.2, -0.15) is 0 Å². The van der Waals surface area contributed by atoms with E-state index >= 15 is 0 Å². The second kappa shape index (κ2) is 6.59. The molecule has 1 aromatic rings. The maximum absolute atomic E-state index is 12.3. The van der Waals surface area contributed by atoms with Crippen LogP contribution in [0.1, 0.15) is 30.4 Å². The molecule has 0 unspecified atom stereocenters. The number of allylic oxidation sites excluding steroid dienone is 2. The summed E-state index contributed by atoms with van der Waals surface area (Å²) in [5.41, 5.74) is 2.90. The molecule has 0 saturated carbocycles. The molecule has 2 aliphatic rings. The number of imide groups is 1. The molecule has 24 heavy (non-hydrogen) atoms. The Balaban J connectivity index is 1.58. The fourth-order valence-corrected chi connectivity index (χ4v) is 3.57. The first-order valence-corrected chi connectivity index (χ1v) is 8.34. The number of anilines is 1. The van der Waals surface area contributed by atoms with Crippen LogP contribution in [0.25, 0.3) is 0 Å². The van der Waals surface area contributed by atoms with Crippen molar-refractivity contribution in [1.82, 2.24) is 4.90 Å². The minimum absolute atomic E-state index is 0.122. The third-order valence-corrected chi connectivity index (χ3v) is 4.67. The predicted molar refractivity (Wildman–Crippen MR) is 91.2 cm³/mol. The Hall–Kier alpha value is -2.43. The number of nitrogens with one attached hydrogen (secondary N) is 1. The molecule has 1 saturated heterocycles. The van der Waals surface area contributed by atoms with E-state index < -0.39 is 0 Å². The first-order chi connectivity index (χ1) is 11.5. The first-order valence-electron chi connectivity index (χ1n) is 8.34. The number of carbonyl (C=O) groups is 3. The number of rotatable bonds is 4. The van der Waals surface area contributed by atoms with Gasteiger partial charge in [-0.3, -0.25) is 19.3 Å². The van der Waals surface area contributed by atoms with Crippen molar-refractivity contribution in [2.24, 2.45) is 11.8 Å². The van der Waals surface area contributed by atoms with E-state index in [2.05, 4.69) is 5.32 Å². The monoisotopic (exact) mass is 326 g/mol. The molecule has 0 radical (unpaired) electrons. The third kappa shape index (κ3) is 3.25. The van der Waals surface area contributed by atoms with Crippen molar-refractivity contribution < 1.29 is 14.4 Å². The van der Waals surface area contributed by atoms with Crippen LogP contribution in [-0.2, 0) is 14.4 Å². The second-order valence-electron chi connectivity index (χ2n) is 6.66. The lowest BCUT2D eigenvalue weighted by Gasteiger charge is -2.14. The van der Waals surface area contributed by atoms with Gasteiger partial charge >= 0.3 is 0 Å². The van der Waals surface area contributed by atoms with Crippen LogP contribution in [0.3, 0.4) is 0 Å². The SMILES string of the molecule is Cc1cc(C)cc(NC(=O)CCN2C(=O)[C@H]3CC=CC[C@@H]3C2=O)c1. The van der Waals surface area contributed by atoms with E-state index in [0.717, 1.165) is 16.8 Å². The minimum Gasteiger partial charge on any atom is -0.326 e. The van der Waals surface area contributed by atoms with Crippen molar-refractivity contribution in [1.29, 1.82) is 0 Å². The maximum atomic E-state index is 12.3. The molecule has 0 aromatic heterocycles. The summed E-state index contributed by atoms with van der Waals surface area (Å²) in [5, 5.41) is 2.84. The summed E-state index contributed by atoms with van der Waals surface area (Å²) in [6.07, 6.45) is 5.30. The number of benzene rings is 1. The lowest BCUT2D eigenvalue weighted by molar-refractivity contribution is -0.140. The predicted octanol–water partition coefficient (Wildman–Crippen LogP) is 2.58. The fraction of sp³-hybridized carbons (Fsp3) is 0.421. The van der Waals surface area contributed by atoms with Gasteiger partial charge in [0.05, 0.1) is 11.8 Å². The number of aryl methyl sites for hydroxylation is 2. The highest BCUT2D eigenvalue weighted by Crippen LogP contribution is 2.35. The quantitative estimate of drug-likeness (QED) is 0.683. The molecule has 1 heterocycles. The van der Waals surface area contributed by atoms with Crippen LogP contribution in [0, 0.1) is 25.7 Å². The third-order valence-electron chi connectivity index (χ3n) is 4.67. The van der Waals surface area contributed by atoms with Gasteiger partial charge in [-0.15, -0.1) is 0 Å². The van der Waals surface area contributed by atoms with Gasteiger partial charge < -0.3 is 5.32 Å². The Bertz CT molecular complexity index is 677. The molecule has 0 spiro atoms. The molecule has 5 heteroatoms. The van der Waals surface area contributed by atoms with Gasteiger partial charge in [-0.05, 0) is 49.9 Å². The van der Waals surface area contributed by atoms with Gasteiger partial charge in [0.1, 0.15) is 0 Å². The van der Waals surface area contributed by atoms with Crippen molar-refractivity contribution in [3.05, 3.63) is 41.5 Å². The zero-order chi connectivity index (χ0) is 17.3. The molecule has 0 bridgehead atoms. The van der Waals surface area contributed by atoms with E-state index in [-0.39, 0.29) is 42.5 Å². The molecular formula is C19H22N2O3. The van der Waals surface area contributed by atoms with Crippen molar-refractivity contribution in [2.45, 2.75) is 33.1 Å². The smallest absolute Gasteiger partial charge is 0.233 e. The number of hydrogen-bond donors (Lipinski definition) is 1. The van der Waals surface area contributed by atoms with E-state index in [1.807, 2.05) is 44.2 Å². The molecule has 5 nitrogen and oxygen atoms in total. The number of hydrogen-bond acceptors (Lipinski definition) is 3. The van der Waals surface area contributed by atoms with Crippen LogP contribution in [0.2, 0.25) is 0 Å². The van der Waals surface area contributed by atoms with Gasteiger partial charge in [0.15, 0.2) is 0 Å². The molecule has 1 fully saturated rings. The van der Waals surface area contributed by atoms with Crippen molar-refractivity contribution in [3.8, 4) is 0 Å². The van der Waals surface area contributed by atoms with Gasteiger partial charge in [-0.1, -0.05) is 18.2 Å². The average molecular weight is 326 g/mol. The molecule has 1 aliphatic heterocycles. The molecule has 1 aliphatic carbocycles. The highest BCUT2D eigenvalue weighted by atomic mass is 16.2. The lowest BCUT2D eigenvalue weighted by Crippen LogP contribution is -2.34. The lowest BCUT2D eigenvalue weighted by atomic mass is 9.85. The van der Waals surface area contributed by atoms with Crippen LogP contribution in [0.5, 0.6) is 0 Å². The summed E-state index contributed by atoms with van der Waals surface area (Å²) in [6, 6.07) is 5.83. The standard InChI is InChI=1S/C19H22N2O3/c1-12-9-13(2)11-14(10-12)20-17(22)7-8-21-18(23)15-5-3-4-6-16(15)19(21)24/h3-4,9-11,15-16H,5-8H2,1-2H3,(H,20,22)/t15-,16-/m0/s1. The van der Waals surface area contributed by atoms with Crippen molar-refractivity contribution >= 4 is 23.4 Å². The first kappa shape index (κ1) is 16.4. The van der Waals surface area contributed by atoms with Gasteiger partial charge in [-0.25, -0.2) is 0 Å². The van der Waals surface area contributed by atoms with Crippen molar-refractivity contribution in [2.75, 3.05) is 11.9 Å². The minimum atomic E-state index is -0.231. The Morgan fingerprint density at radius 2 is 1.58 bits per heavy atom. The molecule has 1 N–H and O–H groups in total. The molecule has 2 atom stereocenters. The van der Waals surface area contributed by atoms with Crippen LogP contribution in [0.15, 0.2) is 30.4 Å². The number of likely N-dealkylation sites (tertiary alicyclic amines) is 1. The van der Waals surface area contributed by atoms with E-state index in [0.29, 0.717) is 12.8 Å². The van der Waals surface area contributed by atoms with Crippen molar-refractivity contribution in [3.63, 3.8) is 0 Å². The average Bonchev–Trinajstić information content (AvgIpc) is 2.76. The topological polar surface area (TPSA) is 66.5 Å². The maximum Gasteiger partial charge on any atom is 0.233 e. The van der Waals surface area contributed by atoms with E-state index in [1.54, 1.807) is 0 Å². The molecule has 1 aromatic carbocycles. The molecule has 3 amide bonds. The summed E-state index contributed by atoms with van der Waals surface area (Å²) in [5.74, 6) is -0.911. The number of fused-ring (bicyclic) bond motifs is 1. The van der Waals surface area contributed by atoms with E-state index in [1.165, 1.54) is 4.90 Å². The van der Waals surface area contributed by atoms with E-state index in [4.69, 9.17) is 0 Å². The summed E-state index contributed by atoms with van der Waals surface area (Å²) >= 11 is 0. The Labute approximate surface area is 141 Å². The second-order valence-corrected chi connectivity index (χ2v) is 6.66. The molecule has 126 valence electrons. The van der Waals surface area contributed by atoms with Crippen LogP contribution >= 0.6 is 0 Å². The highest BCUT2D eigenvalue weighted by molar-refractivity contribution is 6.05. The van der Waals surface area contributed by atoms with Gasteiger partial charge in [0.2, 0.25) is 17.7 Å². The van der Waals surface area contributed by atoms with Crippen LogP contribution in [0.4, 0.5) is 5.69 Å². The highest BCUT2D eigenvalue weighted by Gasteiger charge is 2.46. The molecule has 3 rings (SSSR count). The van der Waals surface area contributed by atoms with Crippen LogP contribution in [-0.4, -0.2) is 29.2 Å². The normalized spacial score (nSPS) is 22.7. The van der Waals surface area contributed by atoms with Gasteiger partial charge in [0, 0.05) is 18.7 Å². The Morgan fingerprint density at radius 3 is 2.12 bits per heavy atom. The number of nitrogens with zero attached hydrogens (tertiary/aromatic N) is 1. The zero-order valence-electron chi connectivity index (χ0n) is 14.0. The Kier molecular flexibility index (Phi) is 4.51. The number of carbonyl (C=O) groups excluding carboxylic acids is 3. The Morgan fingerprint density at radius 1 is 1.04 bits per heavy atom. The van der Waals surface area contributed by atoms with E-state index in [9.17, 15) is 14.4 Å². The summed E-state index contributed by atoms with van der Waals surface area (Å²) < 4.78 is 0. The number of amides is 3. The largest absolute Gasteiger partial charge is 0.326 e. The zero-order valence-corrected chi connectivity index (χ0v) is 14.0. The fourth-order valence-electron chi connectivity index (χ4n) is 3.57. The van der Waals surface area contributed by atoms with Crippen LogP contribution < -0.4 is 5.32 Å².